The average molecular weight is 481 g/mol. The van der Waals surface area contributed by atoms with Gasteiger partial charge in [0.05, 0.1) is 6.07 Å². The predicted octanol–water partition coefficient (Wildman–Crippen LogP) is 3.87. The summed E-state index contributed by atoms with van der Waals surface area (Å²) in [5.74, 6) is -1.15. The summed E-state index contributed by atoms with van der Waals surface area (Å²) < 4.78 is 5.16. The summed E-state index contributed by atoms with van der Waals surface area (Å²) in [5.41, 5.74) is 2.44. The molecule has 0 aliphatic rings. The van der Waals surface area contributed by atoms with Gasteiger partial charge in [0.15, 0.2) is 0 Å². The predicted molar refractivity (Wildman–Crippen MR) is 132 cm³/mol. The van der Waals surface area contributed by atoms with Crippen LogP contribution in [-0.2, 0) is 14.3 Å². The van der Waals surface area contributed by atoms with Gasteiger partial charge < -0.3 is 25.4 Å². The van der Waals surface area contributed by atoms with Crippen molar-refractivity contribution in [3.05, 3.63) is 58.7 Å². The number of nitrogens with zero attached hydrogens (tertiary/aromatic N) is 2. The lowest BCUT2D eigenvalue weighted by molar-refractivity contribution is -0.137. The number of aromatic hydroxyl groups is 1. The van der Waals surface area contributed by atoms with Crippen molar-refractivity contribution >= 4 is 23.6 Å². The Balaban J connectivity index is 2.42. The highest BCUT2D eigenvalue weighted by molar-refractivity contribution is 5.99. The van der Waals surface area contributed by atoms with Crippen molar-refractivity contribution in [3.63, 3.8) is 0 Å². The summed E-state index contributed by atoms with van der Waals surface area (Å²) in [6.45, 7) is 9.57. The van der Waals surface area contributed by atoms with Crippen molar-refractivity contribution < 1.29 is 24.2 Å². The number of nitrogens with one attached hydrogen (secondary N) is 2. The molecule has 9 nitrogen and oxygen atoms in total. The van der Waals surface area contributed by atoms with Crippen LogP contribution in [0.5, 0.6) is 5.75 Å². The molecule has 3 amide bonds. The molecule has 0 saturated heterocycles. The van der Waals surface area contributed by atoms with E-state index >= 15 is 0 Å². The van der Waals surface area contributed by atoms with Gasteiger partial charge in [-0.15, -0.1) is 0 Å². The maximum Gasteiger partial charge on any atom is 0.408 e. The third-order valence-corrected chi connectivity index (χ3v) is 5.17. The van der Waals surface area contributed by atoms with Crippen LogP contribution < -0.4 is 10.6 Å². The van der Waals surface area contributed by atoms with Gasteiger partial charge in [0.25, 0.3) is 5.91 Å². The molecular weight excluding hydrogens is 448 g/mol. The number of ether oxygens (including phenoxy) is 1. The van der Waals surface area contributed by atoms with E-state index in [1.807, 2.05) is 38.1 Å². The first-order valence-electron chi connectivity index (χ1n) is 11.1. The fraction of sp³-hybridized carbons (Fsp3) is 0.385. The van der Waals surface area contributed by atoms with Crippen molar-refractivity contribution in [2.24, 2.45) is 0 Å². The second-order valence-electron chi connectivity index (χ2n) is 9.24. The zero-order chi connectivity index (χ0) is 26.3. The number of para-hydroxylation sites is 1. The summed E-state index contributed by atoms with van der Waals surface area (Å²) in [4.78, 5) is 39.8. The number of hydrogen-bond acceptors (Lipinski definition) is 6. The molecule has 186 valence electrons. The molecule has 2 aromatic carbocycles. The SMILES string of the molecule is Cc1cc(C(C(=O)Nc2c(C)cccc2C)N(CC#N)C(=O)CNC(=O)OC(C)(C)C)ccc1O. The zero-order valence-electron chi connectivity index (χ0n) is 20.9. The fourth-order valence-electron chi connectivity index (χ4n) is 3.49. The lowest BCUT2D eigenvalue weighted by Gasteiger charge is -2.30. The Labute approximate surface area is 205 Å². The minimum atomic E-state index is -1.19. The van der Waals surface area contributed by atoms with Crippen molar-refractivity contribution in [1.82, 2.24) is 10.2 Å². The monoisotopic (exact) mass is 480 g/mol. The van der Waals surface area contributed by atoms with Crippen LogP contribution in [0.3, 0.4) is 0 Å². The van der Waals surface area contributed by atoms with Gasteiger partial charge in [0.2, 0.25) is 5.91 Å². The molecule has 0 heterocycles. The van der Waals surface area contributed by atoms with E-state index in [0.717, 1.165) is 16.0 Å². The van der Waals surface area contributed by atoms with Gasteiger partial charge in [0, 0.05) is 5.69 Å². The quantitative estimate of drug-likeness (QED) is 0.516. The van der Waals surface area contributed by atoms with Crippen LogP contribution in [0.25, 0.3) is 0 Å². The zero-order valence-corrected chi connectivity index (χ0v) is 20.9. The van der Waals surface area contributed by atoms with E-state index in [0.29, 0.717) is 16.8 Å². The minimum absolute atomic E-state index is 0.0346. The van der Waals surface area contributed by atoms with Gasteiger partial charge in [-0.25, -0.2) is 4.79 Å². The number of alkyl carbamates (subject to hydrolysis) is 1. The maximum absolute atomic E-state index is 13.6. The molecule has 3 N–H and O–H groups in total. The molecule has 0 bridgehead atoms. The molecule has 0 radical (unpaired) electrons. The summed E-state index contributed by atoms with van der Waals surface area (Å²) in [6.07, 6.45) is -0.792. The molecule has 0 aliphatic carbocycles. The van der Waals surface area contributed by atoms with E-state index in [4.69, 9.17) is 4.74 Å². The summed E-state index contributed by atoms with van der Waals surface area (Å²) in [7, 11) is 0. The maximum atomic E-state index is 13.6. The molecule has 35 heavy (non-hydrogen) atoms. The van der Waals surface area contributed by atoms with Gasteiger partial charge in [-0.2, -0.15) is 5.26 Å². The highest BCUT2D eigenvalue weighted by atomic mass is 16.6. The number of anilines is 1. The Morgan fingerprint density at radius 3 is 2.26 bits per heavy atom. The number of amides is 3. The number of carbonyl (C=O) groups excluding carboxylic acids is 3. The van der Waals surface area contributed by atoms with Crippen molar-refractivity contribution in [1.29, 1.82) is 5.26 Å². The molecule has 9 heteroatoms. The van der Waals surface area contributed by atoms with Crippen molar-refractivity contribution in [2.75, 3.05) is 18.4 Å². The smallest absolute Gasteiger partial charge is 0.408 e. The van der Waals surface area contributed by atoms with E-state index in [-0.39, 0.29) is 5.75 Å². The molecule has 0 fully saturated rings. The topological polar surface area (TPSA) is 132 Å². The Morgan fingerprint density at radius 2 is 1.71 bits per heavy atom. The normalized spacial score (nSPS) is 11.7. The molecule has 1 atom stereocenters. The van der Waals surface area contributed by atoms with E-state index < -0.39 is 42.6 Å². The van der Waals surface area contributed by atoms with Crippen LogP contribution >= 0.6 is 0 Å². The van der Waals surface area contributed by atoms with E-state index in [1.54, 1.807) is 33.8 Å². The van der Waals surface area contributed by atoms with Crippen LogP contribution in [-0.4, -0.2) is 46.6 Å². The van der Waals surface area contributed by atoms with Crippen LogP contribution in [0.2, 0.25) is 0 Å². The third kappa shape index (κ3) is 7.47. The second-order valence-corrected chi connectivity index (χ2v) is 9.24. The lowest BCUT2D eigenvalue weighted by Crippen LogP contribution is -2.46. The number of hydrogen-bond donors (Lipinski definition) is 3. The Kier molecular flexibility index (Phi) is 8.84. The average Bonchev–Trinajstić information content (AvgIpc) is 2.75. The number of carbonyl (C=O) groups is 3. The lowest BCUT2D eigenvalue weighted by atomic mass is 10.00. The van der Waals surface area contributed by atoms with Gasteiger partial charge in [-0.3, -0.25) is 9.59 Å². The first-order valence-corrected chi connectivity index (χ1v) is 11.1. The van der Waals surface area contributed by atoms with Crippen LogP contribution in [0.4, 0.5) is 10.5 Å². The number of phenols is 1. The van der Waals surface area contributed by atoms with Crippen LogP contribution in [0.1, 0.15) is 49.1 Å². The van der Waals surface area contributed by atoms with Crippen LogP contribution in [0.15, 0.2) is 36.4 Å². The standard InChI is InChI=1S/C26H32N4O5/c1-16-8-7-9-17(2)22(16)29-24(33)23(19-10-11-20(31)18(3)14-19)30(13-12-27)21(32)15-28-25(34)35-26(4,5)6/h7-11,14,23,31H,13,15H2,1-6H3,(H,28,34)(H,29,33). The number of phenolic OH excluding ortho intramolecular Hbond substituents is 1. The Bertz CT molecular complexity index is 1130. The Morgan fingerprint density at radius 1 is 1.09 bits per heavy atom. The Hall–Kier alpha value is -4.06. The first-order chi connectivity index (χ1) is 16.3. The third-order valence-electron chi connectivity index (χ3n) is 5.17. The molecule has 2 rings (SSSR count). The van der Waals surface area contributed by atoms with Crippen molar-refractivity contribution in [3.8, 4) is 11.8 Å². The molecule has 0 aromatic heterocycles. The molecular formula is C26H32N4O5. The van der Waals surface area contributed by atoms with Gasteiger partial charge in [0.1, 0.15) is 30.5 Å². The number of aryl methyl sites for hydroxylation is 3. The molecule has 0 aliphatic heterocycles. The first kappa shape index (κ1) is 27.2. The van der Waals surface area contributed by atoms with Crippen LogP contribution in [0, 0.1) is 32.1 Å². The molecule has 0 spiro atoms. The highest BCUT2D eigenvalue weighted by Crippen LogP contribution is 2.29. The number of nitriles is 1. The van der Waals surface area contributed by atoms with Gasteiger partial charge in [-0.05, 0) is 75.9 Å². The highest BCUT2D eigenvalue weighted by Gasteiger charge is 2.32. The number of rotatable bonds is 7. The summed E-state index contributed by atoms with van der Waals surface area (Å²) >= 11 is 0. The van der Waals surface area contributed by atoms with E-state index in [9.17, 15) is 24.8 Å². The van der Waals surface area contributed by atoms with E-state index in [1.165, 1.54) is 12.1 Å². The summed E-state index contributed by atoms with van der Waals surface area (Å²) in [5, 5.41) is 24.7. The fourth-order valence-corrected chi connectivity index (χ4v) is 3.49. The molecule has 0 saturated carbocycles. The molecule has 2 aromatic rings. The minimum Gasteiger partial charge on any atom is -0.508 e. The largest absolute Gasteiger partial charge is 0.508 e. The number of benzene rings is 2. The molecule has 1 unspecified atom stereocenters. The van der Waals surface area contributed by atoms with E-state index in [2.05, 4.69) is 10.6 Å². The summed E-state index contributed by atoms with van der Waals surface area (Å²) in [6, 6.07) is 10.8. The van der Waals surface area contributed by atoms with Gasteiger partial charge in [-0.1, -0.05) is 24.3 Å². The van der Waals surface area contributed by atoms with Gasteiger partial charge >= 0.3 is 6.09 Å². The van der Waals surface area contributed by atoms with Crippen molar-refractivity contribution in [2.45, 2.75) is 53.2 Å². The second kappa shape index (κ2) is 11.4.